The summed E-state index contributed by atoms with van der Waals surface area (Å²) in [5.41, 5.74) is 10.0. The molecule has 1 aromatic heterocycles. The van der Waals surface area contributed by atoms with Crippen molar-refractivity contribution in [3.63, 3.8) is 0 Å². The highest BCUT2D eigenvalue weighted by Gasteiger charge is 2.23. The standard InChI is InChI=1S/C23H32N2O2.ClH/c1-23(24,16-26)15-14-20-12-13-21(25(20)2)22(27)5-3-4-17-6-8-18(9-7-17)19-10-11-19;/h6-9,12-13,19,26H,3-5,10-11,14-16,24H2,1-2H3;1H/t23-;/m1./s1. The lowest BCUT2D eigenvalue weighted by atomic mass is 9.97. The molecule has 1 fully saturated rings. The lowest BCUT2D eigenvalue weighted by Crippen LogP contribution is -2.40. The van der Waals surface area contributed by atoms with E-state index in [1.54, 1.807) is 0 Å². The van der Waals surface area contributed by atoms with Crippen LogP contribution in [0.25, 0.3) is 0 Å². The second-order valence-corrected chi connectivity index (χ2v) is 8.37. The van der Waals surface area contributed by atoms with Gasteiger partial charge in [0.1, 0.15) is 0 Å². The molecule has 0 bridgehead atoms. The van der Waals surface area contributed by atoms with Gasteiger partial charge in [-0.15, -0.1) is 12.4 Å². The number of aliphatic hydroxyl groups is 1. The second kappa shape index (κ2) is 9.73. The van der Waals surface area contributed by atoms with E-state index in [9.17, 15) is 9.90 Å². The Labute approximate surface area is 174 Å². The topological polar surface area (TPSA) is 68.2 Å². The van der Waals surface area contributed by atoms with Gasteiger partial charge in [0.05, 0.1) is 12.3 Å². The number of nitrogens with two attached hydrogens (primary N) is 1. The minimum absolute atomic E-state index is 0. The number of hydrogen-bond acceptors (Lipinski definition) is 3. The van der Waals surface area contributed by atoms with Gasteiger partial charge in [-0.25, -0.2) is 0 Å². The van der Waals surface area contributed by atoms with E-state index in [0.717, 1.165) is 36.6 Å². The fourth-order valence-electron chi connectivity index (χ4n) is 3.53. The lowest BCUT2D eigenvalue weighted by molar-refractivity contribution is 0.0972. The molecule has 0 aliphatic heterocycles. The number of rotatable bonds is 10. The summed E-state index contributed by atoms with van der Waals surface area (Å²) in [6, 6.07) is 12.8. The maximum Gasteiger partial charge on any atom is 0.179 e. The average molecular weight is 405 g/mol. The fraction of sp³-hybridized carbons (Fsp3) is 0.522. The van der Waals surface area contributed by atoms with Gasteiger partial charge in [0.2, 0.25) is 0 Å². The monoisotopic (exact) mass is 404 g/mol. The van der Waals surface area contributed by atoms with E-state index >= 15 is 0 Å². The van der Waals surface area contributed by atoms with Gasteiger partial charge in [-0.1, -0.05) is 24.3 Å². The molecular weight excluding hydrogens is 372 g/mol. The minimum Gasteiger partial charge on any atom is -0.394 e. The first-order valence-electron chi connectivity index (χ1n) is 10.1. The third-order valence-corrected chi connectivity index (χ3v) is 5.72. The highest BCUT2D eigenvalue weighted by atomic mass is 35.5. The second-order valence-electron chi connectivity index (χ2n) is 8.37. The van der Waals surface area contributed by atoms with Crippen molar-refractivity contribution in [1.82, 2.24) is 4.57 Å². The normalized spacial score (nSPS) is 15.7. The summed E-state index contributed by atoms with van der Waals surface area (Å²) in [5.74, 6) is 0.984. The van der Waals surface area contributed by atoms with Gasteiger partial charge in [-0.3, -0.25) is 4.79 Å². The third-order valence-electron chi connectivity index (χ3n) is 5.72. The molecule has 1 atom stereocenters. The van der Waals surface area contributed by atoms with Gasteiger partial charge in [-0.2, -0.15) is 0 Å². The Hall–Kier alpha value is -1.62. The molecule has 1 aliphatic rings. The molecule has 1 heterocycles. The Balaban J connectivity index is 0.00000280. The molecule has 5 heteroatoms. The van der Waals surface area contributed by atoms with Crippen LogP contribution < -0.4 is 5.73 Å². The van der Waals surface area contributed by atoms with Crippen molar-refractivity contribution < 1.29 is 9.90 Å². The van der Waals surface area contributed by atoms with Crippen LogP contribution in [0.2, 0.25) is 0 Å². The van der Waals surface area contributed by atoms with Crippen molar-refractivity contribution in [2.45, 2.75) is 63.3 Å². The van der Waals surface area contributed by atoms with Crippen LogP contribution in [0.4, 0.5) is 0 Å². The number of nitrogens with zero attached hydrogens (tertiary/aromatic N) is 1. The summed E-state index contributed by atoms with van der Waals surface area (Å²) in [5, 5.41) is 9.29. The van der Waals surface area contributed by atoms with E-state index in [-0.39, 0.29) is 24.8 Å². The van der Waals surface area contributed by atoms with Crippen LogP contribution in [0.5, 0.6) is 0 Å². The van der Waals surface area contributed by atoms with Gasteiger partial charge < -0.3 is 15.4 Å². The van der Waals surface area contributed by atoms with E-state index < -0.39 is 5.54 Å². The molecule has 0 radical (unpaired) electrons. The van der Waals surface area contributed by atoms with Crippen LogP contribution in [-0.2, 0) is 19.9 Å². The molecule has 0 amide bonds. The lowest BCUT2D eigenvalue weighted by Gasteiger charge is -2.21. The quantitative estimate of drug-likeness (QED) is 0.584. The smallest absolute Gasteiger partial charge is 0.179 e. The van der Waals surface area contributed by atoms with Gasteiger partial charge in [0.15, 0.2) is 5.78 Å². The number of carbonyl (C=O) groups is 1. The molecule has 0 unspecified atom stereocenters. The van der Waals surface area contributed by atoms with Crippen LogP contribution in [0.3, 0.4) is 0 Å². The largest absolute Gasteiger partial charge is 0.394 e. The number of aliphatic hydroxyl groups excluding tert-OH is 1. The molecule has 1 aliphatic carbocycles. The summed E-state index contributed by atoms with van der Waals surface area (Å²) in [7, 11) is 1.94. The first-order chi connectivity index (χ1) is 12.9. The summed E-state index contributed by atoms with van der Waals surface area (Å²) >= 11 is 0. The molecule has 28 heavy (non-hydrogen) atoms. The zero-order valence-corrected chi connectivity index (χ0v) is 17.8. The molecule has 0 spiro atoms. The Morgan fingerprint density at radius 2 is 1.86 bits per heavy atom. The molecule has 3 rings (SSSR count). The highest BCUT2D eigenvalue weighted by Crippen LogP contribution is 2.39. The number of carbonyl (C=O) groups excluding carboxylic acids is 1. The van der Waals surface area contributed by atoms with Crippen LogP contribution >= 0.6 is 12.4 Å². The average Bonchev–Trinajstić information content (AvgIpc) is 3.44. The Morgan fingerprint density at radius 3 is 2.46 bits per heavy atom. The molecule has 1 saturated carbocycles. The summed E-state index contributed by atoms with van der Waals surface area (Å²) in [4.78, 5) is 12.6. The SMILES string of the molecule is Cl.Cn1c(CC[C@@](C)(N)CO)ccc1C(=O)CCCc1ccc(C2CC2)cc1. The zero-order chi connectivity index (χ0) is 19.4. The predicted octanol–water partition coefficient (Wildman–Crippen LogP) is 4.17. The van der Waals surface area contributed by atoms with Crippen molar-refractivity contribution in [3.8, 4) is 0 Å². The maximum absolute atomic E-state index is 12.6. The Morgan fingerprint density at radius 1 is 1.18 bits per heavy atom. The molecule has 4 nitrogen and oxygen atoms in total. The summed E-state index contributed by atoms with van der Waals surface area (Å²) in [6.45, 7) is 1.81. The van der Waals surface area contributed by atoms with Crippen molar-refractivity contribution >= 4 is 18.2 Å². The van der Waals surface area contributed by atoms with Gasteiger partial charge >= 0.3 is 0 Å². The fourth-order valence-corrected chi connectivity index (χ4v) is 3.53. The van der Waals surface area contributed by atoms with Crippen LogP contribution in [0.1, 0.15) is 72.3 Å². The van der Waals surface area contributed by atoms with E-state index in [0.29, 0.717) is 12.8 Å². The number of halogens is 1. The van der Waals surface area contributed by atoms with E-state index in [2.05, 4.69) is 24.3 Å². The number of aryl methyl sites for hydroxylation is 2. The van der Waals surface area contributed by atoms with Gasteiger partial charge in [-0.05, 0) is 74.6 Å². The first-order valence-corrected chi connectivity index (χ1v) is 10.1. The van der Waals surface area contributed by atoms with Crippen LogP contribution in [0.15, 0.2) is 36.4 Å². The predicted molar refractivity (Wildman–Crippen MR) is 116 cm³/mol. The summed E-state index contributed by atoms with van der Waals surface area (Å²) < 4.78 is 1.97. The molecule has 154 valence electrons. The summed E-state index contributed by atoms with van der Waals surface area (Å²) in [6.07, 6.45) is 6.47. The number of ketones is 1. The maximum atomic E-state index is 12.6. The molecule has 0 saturated heterocycles. The zero-order valence-electron chi connectivity index (χ0n) is 17.0. The van der Waals surface area contributed by atoms with Crippen molar-refractivity contribution in [2.24, 2.45) is 12.8 Å². The number of Topliss-reactive ketones (excluding diaryl/α,β-unsaturated/α-hetero) is 1. The van der Waals surface area contributed by atoms with Crippen molar-refractivity contribution in [2.75, 3.05) is 6.61 Å². The number of hydrogen-bond donors (Lipinski definition) is 2. The van der Waals surface area contributed by atoms with Crippen LogP contribution in [-0.4, -0.2) is 27.6 Å². The van der Waals surface area contributed by atoms with E-state index in [1.165, 1.54) is 24.0 Å². The van der Waals surface area contributed by atoms with Gasteiger partial charge in [0, 0.05) is 24.7 Å². The number of benzene rings is 1. The molecule has 2 aromatic rings. The van der Waals surface area contributed by atoms with E-state index in [4.69, 9.17) is 5.73 Å². The van der Waals surface area contributed by atoms with Gasteiger partial charge in [0.25, 0.3) is 0 Å². The third kappa shape index (κ3) is 5.94. The highest BCUT2D eigenvalue weighted by molar-refractivity contribution is 5.94. The molecular formula is C23H33ClN2O2. The Kier molecular flexibility index (Phi) is 7.87. The van der Waals surface area contributed by atoms with Crippen molar-refractivity contribution in [3.05, 3.63) is 58.9 Å². The van der Waals surface area contributed by atoms with E-state index in [1.807, 2.05) is 30.7 Å². The number of aromatic nitrogens is 1. The van der Waals surface area contributed by atoms with Crippen molar-refractivity contribution in [1.29, 1.82) is 0 Å². The van der Waals surface area contributed by atoms with Crippen LogP contribution in [0, 0.1) is 0 Å². The molecule has 3 N–H and O–H groups in total. The minimum atomic E-state index is -0.580. The Bertz CT molecular complexity index is 776. The molecule has 1 aromatic carbocycles. The first kappa shape index (κ1) is 22.7.